The number of nitrogens with two attached hydrogens (primary N) is 1. The van der Waals surface area contributed by atoms with Gasteiger partial charge in [-0.2, -0.15) is 0 Å². The molecular formula is C12H14ClNO2. The molecule has 0 amide bonds. The minimum Gasteiger partial charge on any atom is -0.463 e. The minimum absolute atomic E-state index is 0.359. The van der Waals surface area contributed by atoms with E-state index in [0.717, 1.165) is 11.1 Å². The molecular weight excluding hydrogens is 226 g/mol. The van der Waals surface area contributed by atoms with E-state index in [9.17, 15) is 4.79 Å². The van der Waals surface area contributed by atoms with Crippen LogP contribution >= 0.6 is 11.6 Å². The van der Waals surface area contributed by atoms with Gasteiger partial charge in [-0.25, -0.2) is 4.79 Å². The molecule has 0 aromatic heterocycles. The smallest absolute Gasteiger partial charge is 0.330 e. The van der Waals surface area contributed by atoms with Crippen LogP contribution in [0.25, 0.3) is 6.08 Å². The molecule has 86 valence electrons. The molecule has 0 aliphatic carbocycles. The molecule has 0 unspecified atom stereocenters. The van der Waals surface area contributed by atoms with Crippen molar-refractivity contribution < 1.29 is 9.53 Å². The quantitative estimate of drug-likeness (QED) is 0.501. The van der Waals surface area contributed by atoms with Crippen LogP contribution in [0, 0.1) is 6.92 Å². The summed E-state index contributed by atoms with van der Waals surface area (Å²) in [7, 11) is 0. The summed E-state index contributed by atoms with van der Waals surface area (Å²) >= 11 is 5.90. The molecule has 16 heavy (non-hydrogen) atoms. The Bertz CT molecular complexity index is 427. The molecule has 0 spiro atoms. The van der Waals surface area contributed by atoms with E-state index in [1.165, 1.54) is 6.08 Å². The van der Waals surface area contributed by atoms with Crippen molar-refractivity contribution in [2.45, 2.75) is 13.8 Å². The predicted molar refractivity (Wildman–Crippen MR) is 66.3 cm³/mol. The standard InChI is InChI=1S/C12H14ClNO2/c1-3-16-12(15)5-4-9-6-8(2)10(13)7-11(9)14/h4-7H,3,14H2,1-2H3/b5-4+. The Kier molecular flexibility index (Phi) is 4.38. The van der Waals surface area contributed by atoms with Crippen molar-refractivity contribution in [2.24, 2.45) is 0 Å². The fourth-order valence-corrected chi connectivity index (χ4v) is 1.38. The first-order valence-corrected chi connectivity index (χ1v) is 5.33. The molecule has 0 atom stereocenters. The van der Waals surface area contributed by atoms with Crippen molar-refractivity contribution in [1.82, 2.24) is 0 Å². The van der Waals surface area contributed by atoms with Gasteiger partial charge < -0.3 is 10.5 Å². The summed E-state index contributed by atoms with van der Waals surface area (Å²) in [4.78, 5) is 11.1. The van der Waals surface area contributed by atoms with Crippen molar-refractivity contribution in [3.8, 4) is 0 Å². The molecule has 0 bridgehead atoms. The van der Waals surface area contributed by atoms with Gasteiger partial charge in [-0.3, -0.25) is 0 Å². The zero-order valence-corrected chi connectivity index (χ0v) is 10.0. The third kappa shape index (κ3) is 3.28. The number of hydrogen-bond acceptors (Lipinski definition) is 3. The summed E-state index contributed by atoms with van der Waals surface area (Å²) < 4.78 is 4.76. The Labute approximate surface area is 99.8 Å². The van der Waals surface area contributed by atoms with Gasteiger partial charge in [-0.15, -0.1) is 0 Å². The second-order valence-corrected chi connectivity index (χ2v) is 3.72. The van der Waals surface area contributed by atoms with Gasteiger partial charge in [0.25, 0.3) is 0 Å². The molecule has 1 aromatic rings. The molecule has 0 saturated heterocycles. The summed E-state index contributed by atoms with van der Waals surface area (Å²) in [6.07, 6.45) is 2.97. The van der Waals surface area contributed by atoms with E-state index < -0.39 is 0 Å². The molecule has 1 aromatic carbocycles. The Morgan fingerprint density at radius 2 is 2.25 bits per heavy atom. The first-order valence-electron chi connectivity index (χ1n) is 4.95. The van der Waals surface area contributed by atoms with Crippen LogP contribution in [0.15, 0.2) is 18.2 Å². The Morgan fingerprint density at radius 1 is 1.56 bits per heavy atom. The van der Waals surface area contributed by atoms with Gasteiger partial charge in [0.05, 0.1) is 6.61 Å². The van der Waals surface area contributed by atoms with E-state index in [4.69, 9.17) is 22.1 Å². The number of benzene rings is 1. The maximum atomic E-state index is 11.1. The van der Waals surface area contributed by atoms with Gasteiger partial charge in [0, 0.05) is 16.8 Å². The average molecular weight is 240 g/mol. The highest BCUT2D eigenvalue weighted by atomic mass is 35.5. The molecule has 0 heterocycles. The van der Waals surface area contributed by atoms with Gasteiger partial charge in [0.15, 0.2) is 0 Å². The lowest BCUT2D eigenvalue weighted by Crippen LogP contribution is -1.99. The topological polar surface area (TPSA) is 52.3 Å². The number of nitrogen functional groups attached to an aromatic ring is 1. The Hall–Kier alpha value is -1.48. The molecule has 0 radical (unpaired) electrons. The summed E-state index contributed by atoms with van der Waals surface area (Å²) in [5, 5.41) is 0.616. The summed E-state index contributed by atoms with van der Waals surface area (Å²) in [6, 6.07) is 3.50. The number of aryl methyl sites for hydroxylation is 1. The van der Waals surface area contributed by atoms with E-state index in [1.807, 2.05) is 13.0 Å². The second-order valence-electron chi connectivity index (χ2n) is 3.32. The van der Waals surface area contributed by atoms with E-state index >= 15 is 0 Å². The third-order valence-corrected chi connectivity index (χ3v) is 2.46. The number of rotatable bonds is 3. The monoisotopic (exact) mass is 239 g/mol. The maximum Gasteiger partial charge on any atom is 0.330 e. The van der Waals surface area contributed by atoms with Crippen LogP contribution in [0.4, 0.5) is 5.69 Å². The lowest BCUT2D eigenvalue weighted by atomic mass is 10.1. The van der Waals surface area contributed by atoms with Crippen molar-refractivity contribution in [3.63, 3.8) is 0 Å². The van der Waals surface area contributed by atoms with Crippen LogP contribution in [0.5, 0.6) is 0 Å². The summed E-state index contributed by atoms with van der Waals surface area (Å²) in [5.74, 6) is -0.380. The first kappa shape index (κ1) is 12.6. The normalized spacial score (nSPS) is 10.7. The van der Waals surface area contributed by atoms with Crippen molar-refractivity contribution >= 4 is 29.3 Å². The van der Waals surface area contributed by atoms with E-state index in [-0.39, 0.29) is 5.97 Å². The molecule has 0 aliphatic rings. The largest absolute Gasteiger partial charge is 0.463 e. The van der Waals surface area contributed by atoms with Crippen LogP contribution in [0.3, 0.4) is 0 Å². The molecule has 3 nitrogen and oxygen atoms in total. The molecule has 0 fully saturated rings. The number of hydrogen-bond donors (Lipinski definition) is 1. The van der Waals surface area contributed by atoms with Gasteiger partial charge in [0.1, 0.15) is 0 Å². The lowest BCUT2D eigenvalue weighted by molar-refractivity contribution is -0.137. The van der Waals surface area contributed by atoms with Crippen LogP contribution in [-0.2, 0) is 9.53 Å². The summed E-state index contributed by atoms with van der Waals surface area (Å²) in [6.45, 7) is 3.99. The maximum absolute atomic E-state index is 11.1. The van der Waals surface area contributed by atoms with Crippen molar-refractivity contribution in [2.75, 3.05) is 12.3 Å². The number of halogens is 1. The zero-order valence-electron chi connectivity index (χ0n) is 9.29. The van der Waals surface area contributed by atoms with E-state index in [1.54, 1.807) is 19.1 Å². The highest BCUT2D eigenvalue weighted by molar-refractivity contribution is 6.31. The lowest BCUT2D eigenvalue weighted by Gasteiger charge is -2.04. The highest BCUT2D eigenvalue weighted by Gasteiger charge is 2.02. The molecule has 2 N–H and O–H groups in total. The van der Waals surface area contributed by atoms with Gasteiger partial charge >= 0.3 is 5.97 Å². The Balaban J connectivity index is 2.89. The summed E-state index contributed by atoms with van der Waals surface area (Å²) in [5.41, 5.74) is 7.98. The van der Waals surface area contributed by atoms with Crippen LogP contribution in [0.1, 0.15) is 18.1 Å². The van der Waals surface area contributed by atoms with Gasteiger partial charge in [-0.1, -0.05) is 11.6 Å². The third-order valence-electron chi connectivity index (χ3n) is 2.05. The predicted octanol–water partition coefficient (Wildman–Crippen LogP) is 2.81. The molecule has 4 heteroatoms. The SMILES string of the molecule is CCOC(=O)/C=C/c1cc(C)c(Cl)cc1N. The number of esters is 1. The first-order chi connectivity index (χ1) is 7.54. The zero-order chi connectivity index (χ0) is 12.1. The fourth-order valence-electron chi connectivity index (χ4n) is 1.21. The van der Waals surface area contributed by atoms with Gasteiger partial charge in [-0.05, 0) is 43.2 Å². The number of anilines is 1. The highest BCUT2D eigenvalue weighted by Crippen LogP contribution is 2.23. The van der Waals surface area contributed by atoms with Crippen molar-refractivity contribution in [3.05, 3.63) is 34.4 Å². The number of carbonyl (C=O) groups excluding carboxylic acids is 1. The van der Waals surface area contributed by atoms with Crippen molar-refractivity contribution in [1.29, 1.82) is 0 Å². The Morgan fingerprint density at radius 3 is 2.88 bits per heavy atom. The average Bonchev–Trinajstić information content (AvgIpc) is 2.22. The second kappa shape index (κ2) is 5.56. The van der Waals surface area contributed by atoms with Crippen LogP contribution < -0.4 is 5.73 Å². The number of ether oxygens (including phenoxy) is 1. The van der Waals surface area contributed by atoms with E-state index in [2.05, 4.69) is 0 Å². The number of carbonyl (C=O) groups is 1. The molecule has 1 rings (SSSR count). The van der Waals surface area contributed by atoms with Crippen LogP contribution in [-0.4, -0.2) is 12.6 Å². The molecule has 0 saturated carbocycles. The molecule has 0 aliphatic heterocycles. The minimum atomic E-state index is -0.380. The fraction of sp³-hybridized carbons (Fsp3) is 0.250. The van der Waals surface area contributed by atoms with Crippen LogP contribution in [0.2, 0.25) is 5.02 Å². The van der Waals surface area contributed by atoms with Gasteiger partial charge in [0.2, 0.25) is 0 Å². The van der Waals surface area contributed by atoms with E-state index in [0.29, 0.717) is 17.3 Å².